The highest BCUT2D eigenvalue weighted by atomic mass is 16.5. The Kier molecular flexibility index (Phi) is 7.61. The molecule has 0 radical (unpaired) electrons. The zero-order chi connectivity index (χ0) is 15.7. The molecule has 0 aliphatic heterocycles. The number of aliphatic carboxylic acids is 1. The molecule has 5 heteroatoms. The lowest BCUT2D eigenvalue weighted by atomic mass is 10.1. The second-order valence-electron chi connectivity index (χ2n) is 5.18. The Balaban J connectivity index is 2.30. The third-order valence-electron chi connectivity index (χ3n) is 2.96. The summed E-state index contributed by atoms with van der Waals surface area (Å²) in [7, 11) is 0. The molecule has 0 amide bonds. The van der Waals surface area contributed by atoms with Gasteiger partial charge in [-0.25, -0.2) is 0 Å². The lowest BCUT2D eigenvalue weighted by Gasteiger charge is -2.18. The number of rotatable bonds is 10. The molecule has 0 aromatic heterocycles. The lowest BCUT2D eigenvalue weighted by Crippen LogP contribution is -2.42. The van der Waals surface area contributed by atoms with Gasteiger partial charge in [-0.3, -0.25) is 4.79 Å². The number of carboxylic acid groups (broad SMARTS) is 1. The van der Waals surface area contributed by atoms with Gasteiger partial charge in [0, 0.05) is 6.54 Å². The smallest absolute Gasteiger partial charge is 0.320 e. The van der Waals surface area contributed by atoms with Crippen LogP contribution in [0.4, 0.5) is 0 Å². The van der Waals surface area contributed by atoms with Crippen molar-refractivity contribution in [2.75, 3.05) is 19.8 Å². The van der Waals surface area contributed by atoms with Gasteiger partial charge in [0.15, 0.2) is 0 Å². The third kappa shape index (κ3) is 6.49. The lowest BCUT2D eigenvalue weighted by molar-refractivity contribution is -0.140. The zero-order valence-corrected chi connectivity index (χ0v) is 13.0. The van der Waals surface area contributed by atoms with Crippen LogP contribution in [0.25, 0.3) is 0 Å². The summed E-state index contributed by atoms with van der Waals surface area (Å²) in [6.07, 6.45) is 0.977. The van der Waals surface area contributed by atoms with Crippen molar-refractivity contribution in [3.05, 3.63) is 24.3 Å². The van der Waals surface area contributed by atoms with E-state index in [1.165, 1.54) is 0 Å². The molecule has 1 unspecified atom stereocenters. The van der Waals surface area contributed by atoms with E-state index >= 15 is 0 Å². The van der Waals surface area contributed by atoms with Crippen molar-refractivity contribution in [2.45, 2.75) is 33.2 Å². The first-order valence-corrected chi connectivity index (χ1v) is 7.36. The van der Waals surface area contributed by atoms with Gasteiger partial charge < -0.3 is 19.9 Å². The molecule has 1 rings (SSSR count). The molecule has 0 heterocycles. The van der Waals surface area contributed by atoms with Crippen LogP contribution in [0.2, 0.25) is 0 Å². The maximum absolute atomic E-state index is 11.0. The minimum Gasteiger partial charge on any atom is -0.494 e. The van der Waals surface area contributed by atoms with Crippen molar-refractivity contribution in [1.82, 2.24) is 5.32 Å². The van der Waals surface area contributed by atoms with Gasteiger partial charge in [0.25, 0.3) is 0 Å². The normalized spacial score (nSPS) is 12.2. The van der Waals surface area contributed by atoms with Crippen molar-refractivity contribution in [3.8, 4) is 11.5 Å². The van der Waals surface area contributed by atoms with Gasteiger partial charge >= 0.3 is 5.97 Å². The average Bonchev–Trinajstić information content (AvgIpc) is 2.45. The van der Waals surface area contributed by atoms with Gasteiger partial charge in [-0.15, -0.1) is 0 Å². The summed E-state index contributed by atoms with van der Waals surface area (Å²) >= 11 is 0. The fourth-order valence-electron chi connectivity index (χ4n) is 1.84. The number of hydrogen-bond acceptors (Lipinski definition) is 4. The Hall–Kier alpha value is -1.75. The quantitative estimate of drug-likeness (QED) is 0.649. The molecule has 0 fully saturated rings. The summed E-state index contributed by atoms with van der Waals surface area (Å²) < 4.78 is 11.1. The third-order valence-corrected chi connectivity index (χ3v) is 2.96. The van der Waals surface area contributed by atoms with E-state index in [4.69, 9.17) is 14.6 Å². The van der Waals surface area contributed by atoms with E-state index in [0.717, 1.165) is 17.9 Å². The molecule has 1 atom stereocenters. The SMILES string of the molecule is CCCOc1ccc(OCCNC(C(=O)O)C(C)C)cc1. The monoisotopic (exact) mass is 295 g/mol. The van der Waals surface area contributed by atoms with Crippen LogP contribution in [0.3, 0.4) is 0 Å². The largest absolute Gasteiger partial charge is 0.494 e. The molecule has 5 nitrogen and oxygen atoms in total. The Morgan fingerprint density at radius 1 is 1.14 bits per heavy atom. The second kappa shape index (κ2) is 9.23. The predicted octanol–water partition coefficient (Wildman–Crippen LogP) is 2.55. The van der Waals surface area contributed by atoms with Crippen molar-refractivity contribution in [1.29, 1.82) is 0 Å². The molecule has 1 aromatic carbocycles. The highest BCUT2D eigenvalue weighted by Gasteiger charge is 2.19. The number of carbonyl (C=O) groups is 1. The van der Waals surface area contributed by atoms with Crippen LogP contribution in [0.1, 0.15) is 27.2 Å². The Bertz CT molecular complexity index is 417. The van der Waals surface area contributed by atoms with Gasteiger partial charge in [-0.2, -0.15) is 0 Å². The summed E-state index contributed by atoms with van der Waals surface area (Å²) in [6.45, 7) is 7.43. The zero-order valence-electron chi connectivity index (χ0n) is 13.0. The number of nitrogens with one attached hydrogen (secondary N) is 1. The van der Waals surface area contributed by atoms with Crippen molar-refractivity contribution < 1.29 is 19.4 Å². The molecule has 0 spiro atoms. The van der Waals surface area contributed by atoms with Gasteiger partial charge in [0.2, 0.25) is 0 Å². The van der Waals surface area contributed by atoms with Crippen molar-refractivity contribution >= 4 is 5.97 Å². The summed E-state index contributed by atoms with van der Waals surface area (Å²) in [5.74, 6) is 0.782. The molecule has 0 saturated carbocycles. The second-order valence-corrected chi connectivity index (χ2v) is 5.18. The van der Waals surface area contributed by atoms with E-state index < -0.39 is 12.0 Å². The molecular formula is C16H25NO4. The topological polar surface area (TPSA) is 67.8 Å². The predicted molar refractivity (Wildman–Crippen MR) is 82.0 cm³/mol. The van der Waals surface area contributed by atoms with Gasteiger partial charge in [-0.05, 0) is 36.6 Å². The highest BCUT2D eigenvalue weighted by Crippen LogP contribution is 2.17. The summed E-state index contributed by atoms with van der Waals surface area (Å²) in [6, 6.07) is 6.89. The first-order valence-electron chi connectivity index (χ1n) is 7.36. The van der Waals surface area contributed by atoms with Crippen molar-refractivity contribution in [3.63, 3.8) is 0 Å². The number of carboxylic acids is 1. The van der Waals surface area contributed by atoms with E-state index in [1.54, 1.807) is 0 Å². The molecular weight excluding hydrogens is 270 g/mol. The van der Waals surface area contributed by atoms with E-state index in [9.17, 15) is 4.79 Å². The summed E-state index contributed by atoms with van der Waals surface area (Å²) in [4.78, 5) is 11.0. The van der Waals surface area contributed by atoms with Gasteiger partial charge in [-0.1, -0.05) is 20.8 Å². The summed E-state index contributed by atoms with van der Waals surface area (Å²) in [5, 5.41) is 12.0. The maximum Gasteiger partial charge on any atom is 0.320 e. The van der Waals surface area contributed by atoms with Crippen LogP contribution in [-0.4, -0.2) is 36.9 Å². The minimum atomic E-state index is -0.831. The molecule has 0 aliphatic rings. The van der Waals surface area contributed by atoms with Crippen LogP contribution in [0.5, 0.6) is 11.5 Å². The van der Waals surface area contributed by atoms with Crippen LogP contribution < -0.4 is 14.8 Å². The fourth-order valence-corrected chi connectivity index (χ4v) is 1.84. The molecule has 118 valence electrons. The summed E-state index contributed by atoms with van der Waals surface area (Å²) in [5.41, 5.74) is 0. The first kappa shape index (κ1) is 17.3. The fraction of sp³-hybridized carbons (Fsp3) is 0.562. The number of hydrogen-bond donors (Lipinski definition) is 2. The molecule has 1 aromatic rings. The Morgan fingerprint density at radius 2 is 1.67 bits per heavy atom. The standard InChI is InChI=1S/C16H25NO4/c1-4-10-20-13-5-7-14(8-6-13)21-11-9-17-15(12(2)3)16(18)19/h5-8,12,15,17H,4,9-11H2,1-3H3,(H,18,19). The maximum atomic E-state index is 11.0. The molecule has 0 aliphatic carbocycles. The number of benzene rings is 1. The molecule has 21 heavy (non-hydrogen) atoms. The van der Waals surface area contributed by atoms with Crippen LogP contribution in [0.15, 0.2) is 24.3 Å². The number of ether oxygens (including phenoxy) is 2. The van der Waals surface area contributed by atoms with E-state index in [1.807, 2.05) is 38.1 Å². The Labute approximate surface area is 126 Å². The average molecular weight is 295 g/mol. The first-order chi connectivity index (χ1) is 10.0. The Morgan fingerprint density at radius 3 is 2.10 bits per heavy atom. The van der Waals surface area contributed by atoms with Gasteiger partial charge in [0.05, 0.1) is 6.61 Å². The minimum absolute atomic E-state index is 0.0393. The molecule has 0 bridgehead atoms. The van der Waals surface area contributed by atoms with Crippen molar-refractivity contribution in [2.24, 2.45) is 5.92 Å². The van der Waals surface area contributed by atoms with E-state index in [2.05, 4.69) is 12.2 Å². The van der Waals surface area contributed by atoms with Crippen LogP contribution in [0, 0.1) is 5.92 Å². The van der Waals surface area contributed by atoms with Crippen LogP contribution in [-0.2, 0) is 4.79 Å². The van der Waals surface area contributed by atoms with Crippen LogP contribution >= 0.6 is 0 Å². The highest BCUT2D eigenvalue weighted by molar-refractivity contribution is 5.73. The van der Waals surface area contributed by atoms with Gasteiger partial charge in [0.1, 0.15) is 24.1 Å². The molecule has 0 saturated heterocycles. The molecule has 2 N–H and O–H groups in total. The van der Waals surface area contributed by atoms with E-state index in [0.29, 0.717) is 19.8 Å². The van der Waals surface area contributed by atoms with E-state index in [-0.39, 0.29) is 5.92 Å².